The number of halogens is 3. The van der Waals surface area contributed by atoms with E-state index in [9.17, 15) is 22.8 Å². The van der Waals surface area contributed by atoms with E-state index in [1.165, 1.54) is 12.1 Å². The lowest BCUT2D eigenvalue weighted by Gasteiger charge is -2.17. The van der Waals surface area contributed by atoms with Crippen LogP contribution in [0.3, 0.4) is 0 Å². The van der Waals surface area contributed by atoms with Crippen molar-refractivity contribution in [2.45, 2.75) is 19.0 Å². The first-order valence-corrected chi connectivity index (χ1v) is 9.77. The van der Waals surface area contributed by atoms with Gasteiger partial charge in [-0.3, -0.25) is 9.59 Å². The number of rotatable bonds is 4. The first-order chi connectivity index (χ1) is 14.8. The van der Waals surface area contributed by atoms with E-state index in [-0.39, 0.29) is 17.9 Å². The quantitative estimate of drug-likeness (QED) is 0.634. The SMILES string of the molecule is O=C(Cc1cccc(C(F)(F)F)c1)Nc1ccc(C(=O)N2CCc3ccccc32)cc1. The summed E-state index contributed by atoms with van der Waals surface area (Å²) in [7, 11) is 0. The summed E-state index contributed by atoms with van der Waals surface area (Å²) < 4.78 is 38.5. The molecular weight excluding hydrogens is 405 g/mol. The van der Waals surface area contributed by atoms with Crippen molar-refractivity contribution in [3.8, 4) is 0 Å². The number of para-hydroxylation sites is 1. The van der Waals surface area contributed by atoms with Crippen LogP contribution in [0, 0.1) is 0 Å². The Kier molecular flexibility index (Phi) is 5.50. The largest absolute Gasteiger partial charge is 0.416 e. The summed E-state index contributed by atoms with van der Waals surface area (Å²) in [6.45, 7) is 0.619. The second-order valence-corrected chi connectivity index (χ2v) is 7.34. The zero-order valence-corrected chi connectivity index (χ0v) is 16.4. The predicted octanol–water partition coefficient (Wildman–Crippen LogP) is 5.09. The molecule has 1 N–H and O–H groups in total. The minimum atomic E-state index is -4.45. The molecular formula is C24H19F3N2O2. The monoisotopic (exact) mass is 424 g/mol. The highest BCUT2D eigenvalue weighted by Crippen LogP contribution is 2.30. The van der Waals surface area contributed by atoms with Crippen LogP contribution in [0.15, 0.2) is 72.8 Å². The molecule has 0 saturated heterocycles. The molecule has 4 nitrogen and oxygen atoms in total. The van der Waals surface area contributed by atoms with Gasteiger partial charge in [-0.2, -0.15) is 13.2 Å². The molecule has 0 fully saturated rings. The van der Waals surface area contributed by atoms with Gasteiger partial charge in [0.2, 0.25) is 5.91 Å². The predicted molar refractivity (Wildman–Crippen MR) is 112 cm³/mol. The molecule has 1 aliphatic rings. The summed E-state index contributed by atoms with van der Waals surface area (Å²) in [5.41, 5.74) is 2.49. The van der Waals surface area contributed by atoms with Crippen LogP contribution in [-0.4, -0.2) is 18.4 Å². The number of anilines is 2. The van der Waals surface area contributed by atoms with Crippen molar-refractivity contribution in [2.24, 2.45) is 0 Å². The van der Waals surface area contributed by atoms with E-state index in [1.807, 2.05) is 24.3 Å². The first kappa shape index (κ1) is 20.7. The highest BCUT2D eigenvalue weighted by atomic mass is 19.4. The molecule has 0 unspecified atom stereocenters. The number of nitrogens with zero attached hydrogens (tertiary/aromatic N) is 1. The molecule has 7 heteroatoms. The van der Waals surface area contributed by atoms with Gasteiger partial charge in [-0.05, 0) is 53.9 Å². The molecule has 0 aromatic heterocycles. The number of nitrogens with one attached hydrogen (secondary N) is 1. The zero-order chi connectivity index (χ0) is 22.0. The fraction of sp³-hybridized carbons (Fsp3) is 0.167. The zero-order valence-electron chi connectivity index (χ0n) is 16.4. The first-order valence-electron chi connectivity index (χ1n) is 9.77. The standard InChI is InChI=1S/C24H19F3N2O2/c25-24(26,27)19-6-3-4-16(14-19)15-22(30)28-20-10-8-18(9-11-20)23(31)29-13-12-17-5-1-2-7-21(17)29/h1-11,14H,12-13,15H2,(H,28,30). The van der Waals surface area contributed by atoms with Crippen molar-refractivity contribution in [2.75, 3.05) is 16.8 Å². The Balaban J connectivity index is 1.40. The molecule has 0 atom stereocenters. The summed E-state index contributed by atoms with van der Waals surface area (Å²) in [4.78, 5) is 26.8. The molecule has 0 spiro atoms. The van der Waals surface area contributed by atoms with Crippen molar-refractivity contribution in [1.29, 1.82) is 0 Å². The van der Waals surface area contributed by atoms with E-state index >= 15 is 0 Å². The van der Waals surface area contributed by atoms with Crippen LogP contribution < -0.4 is 10.2 Å². The molecule has 0 radical (unpaired) electrons. The average molecular weight is 424 g/mol. The maximum absolute atomic E-state index is 12.8. The Hall–Kier alpha value is -3.61. The molecule has 158 valence electrons. The fourth-order valence-electron chi connectivity index (χ4n) is 3.65. The van der Waals surface area contributed by atoms with Gasteiger partial charge < -0.3 is 10.2 Å². The number of hydrogen-bond donors (Lipinski definition) is 1. The third-order valence-corrected chi connectivity index (χ3v) is 5.17. The van der Waals surface area contributed by atoms with E-state index in [0.29, 0.717) is 17.8 Å². The number of carbonyl (C=O) groups is 2. The fourth-order valence-corrected chi connectivity index (χ4v) is 3.65. The Morgan fingerprint density at radius 2 is 1.68 bits per heavy atom. The van der Waals surface area contributed by atoms with Gasteiger partial charge in [0.05, 0.1) is 12.0 Å². The van der Waals surface area contributed by atoms with E-state index in [1.54, 1.807) is 29.2 Å². The second kappa shape index (κ2) is 8.26. The van der Waals surface area contributed by atoms with E-state index < -0.39 is 17.6 Å². The van der Waals surface area contributed by atoms with E-state index in [2.05, 4.69) is 5.32 Å². The maximum Gasteiger partial charge on any atom is 0.416 e. The van der Waals surface area contributed by atoms with Crippen LogP contribution in [-0.2, 0) is 23.8 Å². The van der Waals surface area contributed by atoms with Gasteiger partial charge >= 0.3 is 6.18 Å². The molecule has 0 aliphatic carbocycles. The summed E-state index contributed by atoms with van der Waals surface area (Å²) in [6.07, 6.45) is -3.83. The lowest BCUT2D eigenvalue weighted by Crippen LogP contribution is -2.28. The van der Waals surface area contributed by atoms with Crippen LogP contribution in [0.4, 0.5) is 24.5 Å². The van der Waals surface area contributed by atoms with Crippen LogP contribution in [0.25, 0.3) is 0 Å². The van der Waals surface area contributed by atoms with E-state index in [0.717, 1.165) is 29.8 Å². The van der Waals surface area contributed by atoms with Gasteiger partial charge in [0.15, 0.2) is 0 Å². The second-order valence-electron chi connectivity index (χ2n) is 7.34. The molecule has 3 aromatic rings. The minimum absolute atomic E-state index is 0.119. The smallest absolute Gasteiger partial charge is 0.326 e. The Morgan fingerprint density at radius 3 is 2.42 bits per heavy atom. The summed E-state index contributed by atoms with van der Waals surface area (Å²) in [5, 5.41) is 2.65. The summed E-state index contributed by atoms with van der Waals surface area (Å²) in [5.74, 6) is -0.557. The summed E-state index contributed by atoms with van der Waals surface area (Å²) in [6, 6.07) is 18.9. The minimum Gasteiger partial charge on any atom is -0.326 e. The number of alkyl halides is 3. The molecule has 1 heterocycles. The highest BCUT2D eigenvalue weighted by molar-refractivity contribution is 6.07. The third kappa shape index (κ3) is 4.60. The molecule has 0 saturated carbocycles. The Morgan fingerprint density at radius 1 is 0.935 bits per heavy atom. The van der Waals surface area contributed by atoms with Crippen LogP contribution in [0.5, 0.6) is 0 Å². The van der Waals surface area contributed by atoms with Crippen LogP contribution in [0.1, 0.15) is 27.0 Å². The topological polar surface area (TPSA) is 49.4 Å². The lowest BCUT2D eigenvalue weighted by molar-refractivity contribution is -0.137. The Labute approximate surface area is 177 Å². The lowest BCUT2D eigenvalue weighted by atomic mass is 10.1. The number of hydrogen-bond acceptors (Lipinski definition) is 2. The maximum atomic E-state index is 12.8. The number of carbonyl (C=O) groups excluding carboxylic acids is 2. The number of fused-ring (bicyclic) bond motifs is 1. The molecule has 3 aromatic carbocycles. The van der Waals surface area contributed by atoms with Gasteiger partial charge in [0.1, 0.15) is 0 Å². The highest BCUT2D eigenvalue weighted by Gasteiger charge is 2.30. The average Bonchev–Trinajstić information content (AvgIpc) is 3.17. The van der Waals surface area contributed by atoms with Gasteiger partial charge in [0, 0.05) is 23.5 Å². The Bertz CT molecular complexity index is 1120. The number of benzene rings is 3. The molecule has 0 bridgehead atoms. The summed E-state index contributed by atoms with van der Waals surface area (Å²) >= 11 is 0. The molecule has 4 rings (SSSR count). The van der Waals surface area contributed by atoms with Crippen molar-refractivity contribution < 1.29 is 22.8 Å². The third-order valence-electron chi connectivity index (χ3n) is 5.17. The van der Waals surface area contributed by atoms with Crippen molar-refractivity contribution >= 4 is 23.2 Å². The van der Waals surface area contributed by atoms with Crippen molar-refractivity contribution in [3.05, 3.63) is 95.1 Å². The van der Waals surface area contributed by atoms with Crippen molar-refractivity contribution in [1.82, 2.24) is 0 Å². The van der Waals surface area contributed by atoms with Gasteiger partial charge in [-0.15, -0.1) is 0 Å². The van der Waals surface area contributed by atoms with Gasteiger partial charge in [0.25, 0.3) is 5.91 Å². The number of amides is 2. The normalized spacial score (nSPS) is 13.1. The van der Waals surface area contributed by atoms with Crippen LogP contribution >= 0.6 is 0 Å². The molecule has 1 aliphatic heterocycles. The van der Waals surface area contributed by atoms with Gasteiger partial charge in [-0.25, -0.2) is 0 Å². The van der Waals surface area contributed by atoms with Crippen molar-refractivity contribution in [3.63, 3.8) is 0 Å². The van der Waals surface area contributed by atoms with Gasteiger partial charge in [-0.1, -0.05) is 36.4 Å². The molecule has 2 amide bonds. The van der Waals surface area contributed by atoms with E-state index in [4.69, 9.17) is 0 Å². The van der Waals surface area contributed by atoms with Crippen LogP contribution in [0.2, 0.25) is 0 Å². The molecule has 31 heavy (non-hydrogen) atoms.